The van der Waals surface area contributed by atoms with Crippen molar-refractivity contribution in [2.24, 2.45) is 7.05 Å². The predicted octanol–water partition coefficient (Wildman–Crippen LogP) is 4.21. The highest BCUT2D eigenvalue weighted by atomic mass is 16.2. The molecule has 1 aliphatic rings. The lowest BCUT2D eigenvalue weighted by Gasteiger charge is -2.20. The maximum atomic E-state index is 13.5. The van der Waals surface area contributed by atoms with Crippen molar-refractivity contribution in [3.05, 3.63) is 95.6 Å². The van der Waals surface area contributed by atoms with Gasteiger partial charge in [-0.15, -0.1) is 10.2 Å². The first-order chi connectivity index (χ1) is 16.2. The highest BCUT2D eigenvalue weighted by molar-refractivity contribution is 6.10. The van der Waals surface area contributed by atoms with Crippen LogP contribution in [-0.4, -0.2) is 43.2 Å². The Morgan fingerprint density at radius 3 is 2.52 bits per heavy atom. The molecule has 0 atom stereocenters. The van der Waals surface area contributed by atoms with Crippen LogP contribution in [0.5, 0.6) is 0 Å². The summed E-state index contributed by atoms with van der Waals surface area (Å²) in [5, 5.41) is 11.2. The van der Waals surface area contributed by atoms with E-state index < -0.39 is 0 Å². The highest BCUT2D eigenvalue weighted by Gasteiger charge is 2.23. The summed E-state index contributed by atoms with van der Waals surface area (Å²) in [7, 11) is 2.07. The van der Waals surface area contributed by atoms with Crippen molar-refractivity contribution in [2.75, 3.05) is 13.1 Å². The van der Waals surface area contributed by atoms with Crippen molar-refractivity contribution < 1.29 is 4.79 Å². The number of rotatable bonds is 3. The average Bonchev–Trinajstić information content (AvgIpc) is 3.28. The third-order valence-corrected chi connectivity index (χ3v) is 6.76. The fraction of sp³-hybridized carbons (Fsp3) is 0.222. The molecule has 3 heterocycles. The minimum absolute atomic E-state index is 0.0770. The second-order valence-corrected chi connectivity index (χ2v) is 8.70. The van der Waals surface area contributed by atoms with Gasteiger partial charge in [-0.1, -0.05) is 48.5 Å². The molecule has 0 bridgehead atoms. The summed E-state index contributed by atoms with van der Waals surface area (Å²) < 4.78 is 4.37. The molecule has 33 heavy (non-hydrogen) atoms. The van der Waals surface area contributed by atoms with Crippen LogP contribution in [0, 0.1) is 0 Å². The molecule has 1 aliphatic heterocycles. The first kappa shape index (κ1) is 19.7. The lowest BCUT2D eigenvalue weighted by molar-refractivity contribution is 0.0759. The van der Waals surface area contributed by atoms with E-state index in [4.69, 9.17) is 0 Å². The van der Waals surface area contributed by atoms with Crippen LogP contribution in [0.1, 0.15) is 27.6 Å². The quantitative estimate of drug-likeness (QED) is 0.427. The summed E-state index contributed by atoms with van der Waals surface area (Å²) in [5.74, 6) is 2.00. The van der Waals surface area contributed by atoms with Crippen LogP contribution < -0.4 is 0 Å². The third-order valence-electron chi connectivity index (χ3n) is 6.76. The predicted molar refractivity (Wildman–Crippen MR) is 129 cm³/mol. The van der Waals surface area contributed by atoms with Crippen molar-refractivity contribution in [1.29, 1.82) is 0 Å². The highest BCUT2D eigenvalue weighted by Crippen LogP contribution is 2.29. The molecule has 0 fully saturated rings. The van der Waals surface area contributed by atoms with Gasteiger partial charge in [-0.3, -0.25) is 4.79 Å². The number of benzene rings is 3. The average molecular weight is 436 g/mol. The molecule has 0 saturated carbocycles. The van der Waals surface area contributed by atoms with Crippen LogP contribution in [0.3, 0.4) is 0 Å². The lowest BCUT2D eigenvalue weighted by Crippen LogP contribution is -2.33. The molecule has 164 valence electrons. The van der Waals surface area contributed by atoms with Gasteiger partial charge in [0.15, 0.2) is 0 Å². The van der Waals surface area contributed by atoms with Gasteiger partial charge in [0.25, 0.3) is 5.91 Å². The second kappa shape index (κ2) is 7.89. The normalized spacial score (nSPS) is 13.9. The molecule has 0 radical (unpaired) electrons. The van der Waals surface area contributed by atoms with Crippen LogP contribution in [0.15, 0.2) is 72.8 Å². The third kappa shape index (κ3) is 3.39. The van der Waals surface area contributed by atoms with Crippen LogP contribution in [0.2, 0.25) is 0 Å². The Bertz CT molecular complexity index is 1480. The smallest absolute Gasteiger partial charge is 0.253 e. The summed E-state index contributed by atoms with van der Waals surface area (Å²) in [6, 6.07) is 24.7. The molecule has 0 N–H and O–H groups in total. The molecule has 0 spiro atoms. The Hall–Kier alpha value is -3.93. The number of aryl methyl sites for hydroxylation is 1. The van der Waals surface area contributed by atoms with E-state index in [9.17, 15) is 4.79 Å². The number of carbonyl (C=O) groups excluding carboxylic acids is 1. The monoisotopic (exact) mass is 435 g/mol. The fourth-order valence-corrected chi connectivity index (χ4v) is 4.98. The van der Waals surface area contributed by atoms with Gasteiger partial charge in [0, 0.05) is 66.9 Å². The lowest BCUT2D eigenvalue weighted by atomic mass is 10.1. The fourth-order valence-electron chi connectivity index (χ4n) is 4.98. The Kier molecular flexibility index (Phi) is 4.72. The summed E-state index contributed by atoms with van der Waals surface area (Å²) >= 11 is 0. The number of hydrogen-bond donors (Lipinski definition) is 0. The molecule has 0 aliphatic carbocycles. The summed E-state index contributed by atoms with van der Waals surface area (Å²) in [4.78, 5) is 15.4. The van der Waals surface area contributed by atoms with Crippen molar-refractivity contribution in [3.63, 3.8) is 0 Å². The Morgan fingerprint density at radius 1 is 0.848 bits per heavy atom. The van der Waals surface area contributed by atoms with Gasteiger partial charge < -0.3 is 14.0 Å². The zero-order valence-corrected chi connectivity index (χ0v) is 18.6. The van der Waals surface area contributed by atoms with E-state index in [-0.39, 0.29) is 5.91 Å². The van der Waals surface area contributed by atoms with E-state index in [1.54, 1.807) is 0 Å². The molecule has 5 aromatic rings. The number of amides is 1. The van der Waals surface area contributed by atoms with Gasteiger partial charge in [-0.25, -0.2) is 0 Å². The summed E-state index contributed by atoms with van der Waals surface area (Å²) in [6.45, 7) is 2.02. The van der Waals surface area contributed by atoms with Gasteiger partial charge in [0.1, 0.15) is 11.6 Å². The molecular formula is C27H25N5O. The molecular weight excluding hydrogens is 410 g/mol. The van der Waals surface area contributed by atoms with Crippen LogP contribution in [-0.2, 0) is 26.4 Å². The van der Waals surface area contributed by atoms with E-state index in [0.29, 0.717) is 26.1 Å². The summed E-state index contributed by atoms with van der Waals surface area (Å²) in [6.07, 6.45) is 1.46. The molecule has 6 heteroatoms. The SMILES string of the molecule is Cn1c2ccccc2c2cc(C(=O)N3CCc4nnc(Cc5ccccc5)n4CC3)ccc21. The Balaban J connectivity index is 1.26. The zero-order valence-electron chi connectivity index (χ0n) is 18.6. The first-order valence-electron chi connectivity index (χ1n) is 11.4. The molecule has 1 amide bonds. The van der Waals surface area contributed by atoms with Crippen LogP contribution in [0.4, 0.5) is 0 Å². The molecule has 2 aromatic heterocycles. The largest absolute Gasteiger partial charge is 0.344 e. The van der Waals surface area contributed by atoms with E-state index >= 15 is 0 Å². The molecule has 6 nitrogen and oxygen atoms in total. The van der Waals surface area contributed by atoms with Crippen LogP contribution in [0.25, 0.3) is 21.8 Å². The van der Waals surface area contributed by atoms with E-state index in [0.717, 1.165) is 34.5 Å². The first-order valence-corrected chi connectivity index (χ1v) is 11.4. The number of hydrogen-bond acceptors (Lipinski definition) is 3. The van der Waals surface area contributed by atoms with Gasteiger partial charge in [0.05, 0.1) is 0 Å². The number of para-hydroxylation sites is 1. The molecule has 6 rings (SSSR count). The standard InChI is InChI=1S/C27H25N5O/c1-30-23-10-6-5-9-21(23)22-18-20(11-12-24(22)30)27(33)31-14-13-25-28-29-26(32(25)16-15-31)17-19-7-3-2-4-8-19/h2-12,18H,13-17H2,1H3. The van der Waals surface area contributed by atoms with Gasteiger partial charge in [-0.05, 0) is 29.8 Å². The van der Waals surface area contributed by atoms with Gasteiger partial charge in [0.2, 0.25) is 0 Å². The van der Waals surface area contributed by atoms with E-state index in [1.807, 2.05) is 41.3 Å². The van der Waals surface area contributed by atoms with Gasteiger partial charge >= 0.3 is 0 Å². The molecule has 0 unspecified atom stereocenters. The Labute approximate surface area is 192 Å². The second-order valence-electron chi connectivity index (χ2n) is 8.70. The van der Waals surface area contributed by atoms with Crippen molar-refractivity contribution in [1.82, 2.24) is 24.2 Å². The molecule has 3 aromatic carbocycles. The molecule has 0 saturated heterocycles. The van der Waals surface area contributed by atoms with Crippen molar-refractivity contribution >= 4 is 27.7 Å². The number of aromatic nitrogens is 4. The van der Waals surface area contributed by atoms with Crippen molar-refractivity contribution in [3.8, 4) is 0 Å². The maximum Gasteiger partial charge on any atom is 0.253 e. The van der Waals surface area contributed by atoms with Gasteiger partial charge in [-0.2, -0.15) is 0 Å². The Morgan fingerprint density at radius 2 is 1.64 bits per heavy atom. The van der Waals surface area contributed by atoms with Crippen LogP contribution >= 0.6 is 0 Å². The topological polar surface area (TPSA) is 56.0 Å². The zero-order chi connectivity index (χ0) is 22.4. The maximum absolute atomic E-state index is 13.5. The van der Waals surface area contributed by atoms with E-state index in [1.165, 1.54) is 16.5 Å². The van der Waals surface area contributed by atoms with E-state index in [2.05, 4.69) is 62.8 Å². The number of fused-ring (bicyclic) bond motifs is 4. The summed E-state index contributed by atoms with van der Waals surface area (Å²) in [5.41, 5.74) is 4.27. The minimum Gasteiger partial charge on any atom is -0.344 e. The number of carbonyl (C=O) groups is 1. The minimum atomic E-state index is 0.0770. The number of nitrogens with zero attached hydrogens (tertiary/aromatic N) is 5. The van der Waals surface area contributed by atoms with Crippen molar-refractivity contribution in [2.45, 2.75) is 19.4 Å².